The van der Waals surface area contributed by atoms with Crippen LogP contribution in [0.4, 0.5) is 23.2 Å². The number of rotatable bonds is 3. The van der Waals surface area contributed by atoms with Crippen LogP contribution in [0.2, 0.25) is 0 Å². The molecule has 3 atom stereocenters. The summed E-state index contributed by atoms with van der Waals surface area (Å²) in [7, 11) is 0. The minimum atomic E-state index is -4.61. The average Bonchev–Trinajstić information content (AvgIpc) is 3.22. The number of pyridine rings is 2. The molecular formula is C19H17F4N7O. The van der Waals surface area contributed by atoms with Gasteiger partial charge in [-0.25, -0.2) is 19.4 Å². The van der Waals surface area contributed by atoms with E-state index in [0.29, 0.717) is 13.2 Å². The van der Waals surface area contributed by atoms with Gasteiger partial charge in [0.25, 0.3) is 0 Å². The Labute approximate surface area is 173 Å². The van der Waals surface area contributed by atoms with E-state index in [1.807, 2.05) is 0 Å². The van der Waals surface area contributed by atoms with E-state index in [0.717, 1.165) is 12.3 Å². The highest BCUT2D eigenvalue weighted by Gasteiger charge is 2.64. The van der Waals surface area contributed by atoms with Gasteiger partial charge < -0.3 is 15.4 Å². The molecule has 1 saturated carbocycles. The molecule has 0 spiro atoms. The van der Waals surface area contributed by atoms with Gasteiger partial charge in [-0.1, -0.05) is 6.07 Å². The van der Waals surface area contributed by atoms with Gasteiger partial charge in [-0.2, -0.15) is 13.2 Å². The fourth-order valence-electron chi connectivity index (χ4n) is 4.09. The first kappa shape index (κ1) is 19.8. The molecule has 12 heteroatoms. The van der Waals surface area contributed by atoms with Gasteiger partial charge >= 0.3 is 6.18 Å². The van der Waals surface area contributed by atoms with E-state index in [-0.39, 0.29) is 40.9 Å². The van der Waals surface area contributed by atoms with E-state index in [1.54, 1.807) is 0 Å². The average molecular weight is 435 g/mol. The van der Waals surface area contributed by atoms with Crippen LogP contribution in [0.15, 0.2) is 46.6 Å². The summed E-state index contributed by atoms with van der Waals surface area (Å²) in [5, 5.41) is 5.68. The Balaban J connectivity index is 1.51. The first-order valence-electron chi connectivity index (χ1n) is 9.48. The lowest BCUT2D eigenvalue weighted by Gasteiger charge is -2.30. The Hall–Kier alpha value is -3.12. The Kier molecular flexibility index (Phi) is 4.45. The van der Waals surface area contributed by atoms with Crippen LogP contribution < -0.4 is 16.4 Å². The van der Waals surface area contributed by atoms with Gasteiger partial charge in [0.2, 0.25) is 11.7 Å². The van der Waals surface area contributed by atoms with Gasteiger partial charge in [-0.3, -0.25) is 10.7 Å². The van der Waals surface area contributed by atoms with Gasteiger partial charge in [-0.15, -0.1) is 0 Å². The summed E-state index contributed by atoms with van der Waals surface area (Å²) in [4.78, 5) is 16.3. The van der Waals surface area contributed by atoms with Crippen LogP contribution in [0, 0.1) is 23.6 Å². The second-order valence-corrected chi connectivity index (χ2v) is 7.64. The second kappa shape index (κ2) is 6.95. The zero-order valence-corrected chi connectivity index (χ0v) is 15.9. The summed E-state index contributed by atoms with van der Waals surface area (Å²) in [6.45, 7) is 1.06. The molecule has 162 valence electrons. The number of alkyl halides is 3. The number of nitrogens with one attached hydrogen (secondary N) is 2. The van der Waals surface area contributed by atoms with Crippen molar-refractivity contribution in [2.45, 2.75) is 12.0 Å². The number of fused-ring (bicyclic) bond motifs is 1. The van der Waals surface area contributed by atoms with E-state index in [2.05, 4.69) is 30.6 Å². The van der Waals surface area contributed by atoms with Crippen molar-refractivity contribution in [1.82, 2.24) is 15.3 Å². The molecule has 3 unspecified atom stereocenters. The summed E-state index contributed by atoms with van der Waals surface area (Å²) >= 11 is 0. The zero-order chi connectivity index (χ0) is 21.8. The molecular weight excluding hydrogens is 418 g/mol. The number of hydrogen-bond donors (Lipinski definition) is 3. The molecule has 2 fully saturated rings. The molecule has 8 nitrogen and oxygen atoms in total. The van der Waals surface area contributed by atoms with E-state index in [9.17, 15) is 17.6 Å². The summed E-state index contributed by atoms with van der Waals surface area (Å²) in [5.41, 5.74) is 5.71. The highest BCUT2D eigenvalue weighted by Crippen LogP contribution is 2.56. The Morgan fingerprint density at radius 1 is 1.16 bits per heavy atom. The lowest BCUT2D eigenvalue weighted by atomic mass is 10.1. The van der Waals surface area contributed by atoms with Crippen LogP contribution in [-0.4, -0.2) is 40.8 Å². The van der Waals surface area contributed by atoms with E-state index in [4.69, 9.17) is 10.5 Å². The van der Waals surface area contributed by atoms with E-state index >= 15 is 0 Å². The fourth-order valence-corrected chi connectivity index (χ4v) is 4.09. The van der Waals surface area contributed by atoms with Gasteiger partial charge in [0.05, 0.1) is 31.3 Å². The number of nitrogens with zero attached hydrogens (tertiary/aromatic N) is 4. The molecule has 2 aromatic heterocycles. The number of anilines is 1. The van der Waals surface area contributed by atoms with Crippen molar-refractivity contribution >= 4 is 17.5 Å². The number of ether oxygens (including phenoxy) is 1. The lowest BCUT2D eigenvalue weighted by molar-refractivity contribution is -0.141. The number of nitrogens with two attached hydrogens (primary N) is 1. The third kappa shape index (κ3) is 3.72. The monoisotopic (exact) mass is 435 g/mol. The first-order valence-corrected chi connectivity index (χ1v) is 9.48. The van der Waals surface area contributed by atoms with Crippen molar-refractivity contribution in [3.05, 3.63) is 53.9 Å². The molecule has 0 bridgehead atoms. The normalized spacial score (nSPS) is 29.5. The molecule has 2 aliphatic heterocycles. The van der Waals surface area contributed by atoms with Crippen LogP contribution in [0.5, 0.6) is 0 Å². The predicted molar refractivity (Wildman–Crippen MR) is 102 cm³/mol. The molecule has 5 rings (SSSR count). The molecule has 4 heterocycles. The number of guanidine groups is 1. The largest absolute Gasteiger partial charge is 0.433 e. The maximum Gasteiger partial charge on any atom is 0.433 e. The topological polar surface area (TPSA) is 110 Å². The Morgan fingerprint density at radius 3 is 2.65 bits per heavy atom. The molecule has 2 aromatic rings. The van der Waals surface area contributed by atoms with E-state index < -0.39 is 23.5 Å². The zero-order valence-electron chi connectivity index (χ0n) is 15.9. The highest BCUT2D eigenvalue weighted by atomic mass is 19.4. The minimum absolute atomic E-state index is 0.0290. The summed E-state index contributed by atoms with van der Waals surface area (Å²) in [6, 6.07) is 4.70. The summed E-state index contributed by atoms with van der Waals surface area (Å²) in [6.07, 6.45) is -2.20. The molecule has 0 radical (unpaired) electrons. The van der Waals surface area contributed by atoms with Crippen LogP contribution in [0.1, 0.15) is 11.4 Å². The van der Waals surface area contributed by atoms with Gasteiger partial charge in [-0.05, 0) is 24.0 Å². The van der Waals surface area contributed by atoms with Crippen LogP contribution >= 0.6 is 0 Å². The molecule has 1 aliphatic carbocycles. The third-order valence-corrected chi connectivity index (χ3v) is 5.51. The maximum absolute atomic E-state index is 13.5. The lowest BCUT2D eigenvalue weighted by Crippen LogP contribution is -2.52. The van der Waals surface area contributed by atoms with Crippen molar-refractivity contribution in [3.63, 3.8) is 0 Å². The van der Waals surface area contributed by atoms with Crippen LogP contribution in [0.3, 0.4) is 0 Å². The maximum atomic E-state index is 13.5. The van der Waals surface area contributed by atoms with Crippen molar-refractivity contribution < 1.29 is 22.3 Å². The number of halogens is 4. The molecule has 0 aromatic carbocycles. The van der Waals surface area contributed by atoms with Gasteiger partial charge in [0, 0.05) is 12.0 Å². The number of amidine groups is 1. The first-order chi connectivity index (χ1) is 14.7. The van der Waals surface area contributed by atoms with Crippen LogP contribution in [0.25, 0.3) is 0 Å². The SMILES string of the molecule is NC1(C2C3COCC32)N=C(Nc2cncc(F)c2)NC(c2cccc(C(F)(F)F)n2)=N1. The smallest absolute Gasteiger partial charge is 0.381 e. The number of aromatic nitrogens is 2. The Bertz CT molecular complexity index is 1080. The summed E-state index contributed by atoms with van der Waals surface area (Å²) < 4.78 is 58.4. The molecule has 3 aliphatic rings. The molecule has 4 N–H and O–H groups in total. The number of hydrogen-bond acceptors (Lipinski definition) is 8. The second-order valence-electron chi connectivity index (χ2n) is 7.64. The minimum Gasteiger partial charge on any atom is -0.381 e. The van der Waals surface area contributed by atoms with E-state index in [1.165, 1.54) is 24.4 Å². The van der Waals surface area contributed by atoms with Crippen LogP contribution in [-0.2, 0) is 10.9 Å². The molecule has 1 saturated heterocycles. The van der Waals surface area contributed by atoms with Gasteiger partial charge in [0.15, 0.2) is 5.84 Å². The standard InChI is InChI=1S/C19H17F4N7O/c20-9-4-10(6-25-5-9)26-17-28-16(13-2-1-3-14(27-13)18(21,22)23)29-19(24,30-17)15-11-7-31-8-12(11)15/h1-6,11-12,15H,7-8,24H2,(H2,26,28,29,30). The quantitative estimate of drug-likeness (QED) is 0.636. The Morgan fingerprint density at radius 2 is 1.94 bits per heavy atom. The van der Waals surface area contributed by atoms with Crippen molar-refractivity contribution in [3.8, 4) is 0 Å². The summed E-state index contributed by atoms with van der Waals surface area (Å²) in [5.74, 6) is -1.66. The van der Waals surface area contributed by atoms with Crippen molar-refractivity contribution in [2.75, 3.05) is 18.5 Å². The third-order valence-electron chi connectivity index (χ3n) is 5.51. The molecule has 0 amide bonds. The van der Waals surface area contributed by atoms with Gasteiger partial charge in [0.1, 0.15) is 17.2 Å². The highest BCUT2D eigenvalue weighted by molar-refractivity contribution is 6.13. The number of aliphatic imine (C=N–C) groups is 2. The fraction of sp³-hybridized carbons (Fsp3) is 0.368. The van der Waals surface area contributed by atoms with Crippen molar-refractivity contribution in [1.29, 1.82) is 0 Å². The molecule has 31 heavy (non-hydrogen) atoms. The van der Waals surface area contributed by atoms with Crippen molar-refractivity contribution in [2.24, 2.45) is 33.5 Å². The predicted octanol–water partition coefficient (Wildman–Crippen LogP) is 1.96.